The van der Waals surface area contributed by atoms with E-state index in [-0.39, 0.29) is 15.7 Å². The molecule has 2 heterocycles. The Balaban J connectivity index is 2.30. The van der Waals surface area contributed by atoms with E-state index in [0.717, 1.165) is 11.8 Å². The zero-order chi connectivity index (χ0) is 13.1. The number of aromatic amines is 1. The molecule has 0 saturated heterocycles. The van der Waals surface area contributed by atoms with Gasteiger partial charge in [-0.2, -0.15) is 0 Å². The van der Waals surface area contributed by atoms with Gasteiger partial charge in [-0.1, -0.05) is 18.5 Å². The minimum absolute atomic E-state index is 0.157. The van der Waals surface area contributed by atoms with Gasteiger partial charge in [0.25, 0.3) is 0 Å². The number of hydrogen-bond donors (Lipinski definition) is 1. The number of nitrogens with one attached hydrogen (secondary N) is 1. The fourth-order valence-corrected chi connectivity index (χ4v) is 2.11. The third-order valence-electron chi connectivity index (χ3n) is 2.03. The van der Waals surface area contributed by atoms with Gasteiger partial charge in [0.15, 0.2) is 5.03 Å². The molecule has 94 valence electrons. The van der Waals surface area contributed by atoms with Gasteiger partial charge in [0.2, 0.25) is 5.16 Å². The van der Waals surface area contributed by atoms with Crippen LogP contribution in [0.1, 0.15) is 12.7 Å². The smallest absolute Gasteiger partial charge is 0.262 e. The van der Waals surface area contributed by atoms with Crippen LogP contribution in [0.25, 0.3) is 0 Å². The van der Waals surface area contributed by atoms with Crippen molar-refractivity contribution in [2.24, 2.45) is 0 Å². The largest absolute Gasteiger partial charge is 0.303 e. The highest BCUT2D eigenvalue weighted by molar-refractivity contribution is 7.99. The Morgan fingerprint density at radius 2 is 2.39 bits per heavy atom. The molecule has 9 heteroatoms. The van der Waals surface area contributed by atoms with Crippen molar-refractivity contribution >= 4 is 29.1 Å². The summed E-state index contributed by atoms with van der Waals surface area (Å²) in [4.78, 5) is 18.4. The first-order chi connectivity index (χ1) is 8.60. The molecule has 0 radical (unpaired) electrons. The van der Waals surface area contributed by atoms with Crippen molar-refractivity contribution in [1.29, 1.82) is 0 Å². The standard InChI is InChI=1S/C9H8ClN5O2S/c1-2-7-12-9(14-13-7)18-8-6(15(16)17)3-5(10)4-11-8/h3-4H,2H2,1H3,(H,12,13,14). The van der Waals surface area contributed by atoms with E-state index in [9.17, 15) is 10.1 Å². The molecule has 18 heavy (non-hydrogen) atoms. The first-order valence-corrected chi connectivity index (χ1v) is 6.18. The molecule has 0 unspecified atom stereocenters. The van der Waals surface area contributed by atoms with Crippen LogP contribution in [-0.4, -0.2) is 25.1 Å². The summed E-state index contributed by atoms with van der Waals surface area (Å²) in [5.74, 6) is 0.717. The number of hydrogen-bond acceptors (Lipinski definition) is 6. The predicted octanol–water partition coefficient (Wildman–Crippen LogP) is 2.47. The molecular weight excluding hydrogens is 278 g/mol. The first-order valence-electron chi connectivity index (χ1n) is 4.99. The number of pyridine rings is 1. The maximum atomic E-state index is 10.9. The van der Waals surface area contributed by atoms with E-state index >= 15 is 0 Å². The molecule has 0 atom stereocenters. The van der Waals surface area contributed by atoms with Crippen molar-refractivity contribution in [3.05, 3.63) is 33.2 Å². The molecular formula is C9H8ClN5O2S. The van der Waals surface area contributed by atoms with Gasteiger partial charge in [-0.15, -0.1) is 5.10 Å². The van der Waals surface area contributed by atoms with Crippen molar-refractivity contribution in [1.82, 2.24) is 20.2 Å². The second-order valence-corrected chi connectivity index (χ2v) is 4.65. The van der Waals surface area contributed by atoms with Gasteiger partial charge >= 0.3 is 5.69 Å². The molecule has 0 aliphatic heterocycles. The summed E-state index contributed by atoms with van der Waals surface area (Å²) in [6, 6.07) is 1.25. The van der Waals surface area contributed by atoms with Gasteiger partial charge in [0.05, 0.1) is 9.95 Å². The van der Waals surface area contributed by atoms with E-state index in [1.54, 1.807) is 0 Å². The average Bonchev–Trinajstić information content (AvgIpc) is 2.79. The SMILES string of the molecule is CCc1nc(Sc2ncc(Cl)cc2[N+](=O)[O-])n[nH]1. The van der Waals surface area contributed by atoms with Gasteiger partial charge < -0.3 is 0 Å². The molecule has 1 N–H and O–H groups in total. The third kappa shape index (κ3) is 2.77. The topological polar surface area (TPSA) is 97.6 Å². The monoisotopic (exact) mass is 285 g/mol. The highest BCUT2D eigenvalue weighted by atomic mass is 35.5. The van der Waals surface area contributed by atoms with E-state index in [1.165, 1.54) is 12.3 Å². The first kappa shape index (κ1) is 12.8. The van der Waals surface area contributed by atoms with Crippen LogP contribution in [0.15, 0.2) is 22.4 Å². The molecule has 0 aliphatic rings. The number of halogens is 1. The highest BCUT2D eigenvalue weighted by Crippen LogP contribution is 2.32. The second-order valence-electron chi connectivity index (χ2n) is 3.26. The fraction of sp³-hybridized carbons (Fsp3) is 0.222. The Morgan fingerprint density at radius 3 is 3.00 bits per heavy atom. The lowest BCUT2D eigenvalue weighted by Gasteiger charge is -1.98. The van der Waals surface area contributed by atoms with Crippen molar-refractivity contribution in [3.63, 3.8) is 0 Å². The van der Waals surface area contributed by atoms with E-state index in [2.05, 4.69) is 20.2 Å². The molecule has 7 nitrogen and oxygen atoms in total. The van der Waals surface area contributed by atoms with Crippen molar-refractivity contribution in [2.45, 2.75) is 23.5 Å². The minimum atomic E-state index is -0.533. The Labute approximate surface area is 111 Å². The number of rotatable bonds is 4. The average molecular weight is 286 g/mol. The number of nitro groups is 1. The predicted molar refractivity (Wildman–Crippen MR) is 65.8 cm³/mol. The van der Waals surface area contributed by atoms with Gasteiger partial charge in [0, 0.05) is 18.7 Å². The number of aromatic nitrogens is 4. The zero-order valence-corrected chi connectivity index (χ0v) is 10.8. The highest BCUT2D eigenvalue weighted by Gasteiger charge is 2.18. The molecule has 2 aromatic heterocycles. The molecule has 2 rings (SSSR count). The maximum absolute atomic E-state index is 10.9. The van der Waals surface area contributed by atoms with Crippen molar-refractivity contribution in [3.8, 4) is 0 Å². The summed E-state index contributed by atoms with van der Waals surface area (Å²) in [5.41, 5.74) is -0.157. The van der Waals surface area contributed by atoms with Gasteiger partial charge in [-0.05, 0) is 11.8 Å². The van der Waals surface area contributed by atoms with Crippen LogP contribution in [0.4, 0.5) is 5.69 Å². The molecule has 0 aromatic carbocycles. The summed E-state index contributed by atoms with van der Waals surface area (Å²) in [7, 11) is 0. The molecule has 0 fully saturated rings. The summed E-state index contributed by atoms with van der Waals surface area (Å²) in [6.07, 6.45) is 2.06. The van der Waals surface area contributed by atoms with Crippen LogP contribution in [0.5, 0.6) is 0 Å². The summed E-state index contributed by atoms with van der Waals surface area (Å²) >= 11 is 6.70. The second kappa shape index (κ2) is 5.32. The van der Waals surface area contributed by atoms with E-state index in [1.807, 2.05) is 6.92 Å². The van der Waals surface area contributed by atoms with Crippen LogP contribution in [0, 0.1) is 10.1 Å². The number of nitrogens with zero attached hydrogens (tertiary/aromatic N) is 4. The Bertz CT molecular complexity index is 588. The third-order valence-corrected chi connectivity index (χ3v) is 3.11. The lowest BCUT2D eigenvalue weighted by Crippen LogP contribution is -1.93. The summed E-state index contributed by atoms with van der Waals surface area (Å²) in [5, 5.41) is 18.4. The molecule has 2 aromatic rings. The molecule has 0 spiro atoms. The maximum Gasteiger partial charge on any atom is 0.303 e. The normalized spacial score (nSPS) is 10.6. The van der Waals surface area contributed by atoms with E-state index < -0.39 is 4.92 Å². The Kier molecular flexibility index (Phi) is 3.78. The number of H-pyrrole nitrogens is 1. The van der Waals surface area contributed by atoms with Crippen LogP contribution in [-0.2, 0) is 6.42 Å². The van der Waals surface area contributed by atoms with Crippen molar-refractivity contribution in [2.75, 3.05) is 0 Å². The lowest BCUT2D eigenvalue weighted by molar-refractivity contribution is -0.388. The van der Waals surface area contributed by atoms with Gasteiger partial charge in [-0.3, -0.25) is 15.2 Å². The van der Waals surface area contributed by atoms with Crippen LogP contribution < -0.4 is 0 Å². The molecule has 0 aliphatic carbocycles. The van der Waals surface area contributed by atoms with Crippen LogP contribution in [0.3, 0.4) is 0 Å². The minimum Gasteiger partial charge on any atom is -0.262 e. The van der Waals surface area contributed by atoms with E-state index in [4.69, 9.17) is 11.6 Å². The molecule has 0 saturated carbocycles. The Morgan fingerprint density at radius 1 is 1.61 bits per heavy atom. The molecule has 0 bridgehead atoms. The van der Waals surface area contributed by atoms with Gasteiger partial charge in [0.1, 0.15) is 5.82 Å². The molecule has 0 amide bonds. The van der Waals surface area contributed by atoms with Gasteiger partial charge in [-0.25, -0.2) is 9.97 Å². The fourth-order valence-electron chi connectivity index (χ4n) is 1.19. The van der Waals surface area contributed by atoms with Crippen LogP contribution >= 0.6 is 23.4 Å². The van der Waals surface area contributed by atoms with E-state index in [0.29, 0.717) is 17.4 Å². The lowest BCUT2D eigenvalue weighted by atomic mass is 10.4. The summed E-state index contributed by atoms with van der Waals surface area (Å²) in [6.45, 7) is 1.93. The Hall–Kier alpha value is -1.67. The van der Waals surface area contributed by atoms with Crippen molar-refractivity contribution < 1.29 is 4.92 Å². The summed E-state index contributed by atoms with van der Waals surface area (Å²) < 4.78 is 0. The number of aryl methyl sites for hydroxylation is 1. The van der Waals surface area contributed by atoms with Crippen LogP contribution in [0.2, 0.25) is 5.02 Å². The zero-order valence-electron chi connectivity index (χ0n) is 9.25. The quantitative estimate of drug-likeness (QED) is 0.684.